The molecular weight excluding hydrogens is 279 g/mol. The average Bonchev–Trinajstić information content (AvgIpc) is 1.98. The van der Waals surface area contributed by atoms with Gasteiger partial charge in [-0.05, 0) is 19.3 Å². The summed E-state index contributed by atoms with van der Waals surface area (Å²) in [5, 5.41) is 0. The summed E-state index contributed by atoms with van der Waals surface area (Å²) in [5.74, 6) is 0. The first kappa shape index (κ1) is 20.3. The molecule has 18 heavy (non-hydrogen) atoms. The molecule has 0 N–H and O–H groups in total. The molecule has 0 bridgehead atoms. The van der Waals surface area contributed by atoms with Gasteiger partial charge in [-0.15, -0.1) is 0 Å². The van der Waals surface area contributed by atoms with E-state index in [1.165, 1.54) is 43.4 Å². The average molecular weight is 303 g/mol. The van der Waals surface area contributed by atoms with E-state index in [1.54, 1.807) is 0 Å². The fourth-order valence-corrected chi connectivity index (χ4v) is 1.95. The topological polar surface area (TPSA) is 0 Å². The second-order valence-electron chi connectivity index (χ2n) is 4.75. The molecule has 0 saturated heterocycles. The second kappa shape index (κ2) is 5.95. The van der Waals surface area contributed by atoms with Gasteiger partial charge < -0.3 is 4.48 Å². The number of nitrogens with zero attached hydrogens (tertiary/aromatic N) is 1. The Bertz CT molecular complexity index is 205. The van der Waals surface area contributed by atoms with Gasteiger partial charge in [0.05, 0.1) is 26.7 Å². The van der Waals surface area contributed by atoms with Gasteiger partial charge in [-0.3, -0.25) is 0 Å². The predicted octanol–water partition coefficient (Wildman–Crippen LogP) is 6.05. The van der Waals surface area contributed by atoms with E-state index in [9.17, 15) is 25.2 Å². The Labute approximate surface area is 105 Å². The summed E-state index contributed by atoms with van der Waals surface area (Å²) in [7, 11) is -8.27. The van der Waals surface area contributed by atoms with E-state index in [0.29, 0.717) is 0 Å². The molecule has 0 spiro atoms. The Morgan fingerprint density at radius 2 is 0.833 bits per heavy atom. The van der Waals surface area contributed by atoms with E-state index in [4.69, 9.17) is 0 Å². The van der Waals surface area contributed by atoms with Crippen molar-refractivity contribution >= 4 is 7.81 Å². The van der Waals surface area contributed by atoms with Crippen molar-refractivity contribution in [3.63, 3.8) is 0 Å². The summed E-state index contributed by atoms with van der Waals surface area (Å²) in [6, 6.07) is 0. The first-order valence-corrected chi connectivity index (χ1v) is 8.06. The molecule has 0 heterocycles. The number of rotatable bonds is 6. The van der Waals surface area contributed by atoms with E-state index in [-0.39, 0.29) is 0 Å². The summed E-state index contributed by atoms with van der Waals surface area (Å²) >= 11 is 0. The van der Waals surface area contributed by atoms with Gasteiger partial charge in [0.15, 0.2) is 0 Å². The van der Waals surface area contributed by atoms with Crippen LogP contribution in [-0.4, -0.2) is 31.2 Å². The number of quaternary nitrogens is 1. The molecule has 8 heteroatoms. The Morgan fingerprint density at radius 1 is 0.667 bits per heavy atom. The summed E-state index contributed by atoms with van der Waals surface area (Å²) in [4.78, 5) is 0. The minimum absolute atomic E-state index is 1.28. The number of hydrogen-bond donors (Lipinski definition) is 0. The Balaban J connectivity index is 0. The molecule has 0 aliphatic rings. The van der Waals surface area contributed by atoms with Gasteiger partial charge in [0.2, 0.25) is 0 Å². The van der Waals surface area contributed by atoms with Crippen molar-refractivity contribution in [3.05, 3.63) is 0 Å². The van der Waals surface area contributed by atoms with Crippen LogP contribution in [0.5, 0.6) is 0 Å². The van der Waals surface area contributed by atoms with E-state index in [1.807, 2.05) is 0 Å². The third kappa shape index (κ3) is 25.0. The number of halogens is 6. The van der Waals surface area contributed by atoms with Crippen molar-refractivity contribution in [2.75, 3.05) is 26.7 Å². The van der Waals surface area contributed by atoms with Crippen molar-refractivity contribution in [3.8, 4) is 0 Å². The molecule has 0 atom stereocenters. The fraction of sp³-hybridized carbons (Fsp3) is 1.00. The standard InChI is InChI=1S/C10H24N.F6P/c1-5-8-11(4,9-6-2)10-7-3;1-7(2,3,4,5)6/h5-10H2,1-4H3;/q+1;-1. The molecule has 0 radical (unpaired) electrons. The third-order valence-electron chi connectivity index (χ3n) is 2.29. The van der Waals surface area contributed by atoms with Crippen LogP contribution in [0.1, 0.15) is 40.0 Å². The van der Waals surface area contributed by atoms with Crippen molar-refractivity contribution < 1.29 is 29.7 Å². The molecule has 0 aliphatic heterocycles. The van der Waals surface area contributed by atoms with Crippen LogP contribution in [0.25, 0.3) is 0 Å². The van der Waals surface area contributed by atoms with Crippen molar-refractivity contribution in [2.45, 2.75) is 40.0 Å². The molecule has 0 unspecified atom stereocenters. The Hall–Kier alpha value is -0.0300. The summed E-state index contributed by atoms with van der Waals surface area (Å²) in [6.45, 7) is 10.9. The zero-order valence-corrected chi connectivity index (χ0v) is 12.3. The molecule has 0 aromatic rings. The van der Waals surface area contributed by atoms with Crippen LogP contribution in [0.15, 0.2) is 0 Å². The van der Waals surface area contributed by atoms with Crippen LogP contribution in [0.4, 0.5) is 25.2 Å². The van der Waals surface area contributed by atoms with Gasteiger partial charge in [-0.1, -0.05) is 20.8 Å². The van der Waals surface area contributed by atoms with Gasteiger partial charge >= 0.3 is 33.0 Å². The normalized spacial score (nSPS) is 16.3. The Morgan fingerprint density at radius 3 is 0.944 bits per heavy atom. The monoisotopic (exact) mass is 303 g/mol. The van der Waals surface area contributed by atoms with Crippen molar-refractivity contribution in [1.29, 1.82) is 0 Å². The summed E-state index contributed by atoms with van der Waals surface area (Å²) in [6.07, 6.45) is 3.95. The van der Waals surface area contributed by atoms with Gasteiger partial charge in [0.1, 0.15) is 0 Å². The summed E-state index contributed by atoms with van der Waals surface area (Å²) in [5.41, 5.74) is 0. The zero-order valence-electron chi connectivity index (χ0n) is 11.4. The summed E-state index contributed by atoms with van der Waals surface area (Å²) < 4.78 is 60.5. The fourth-order valence-electron chi connectivity index (χ4n) is 1.95. The Kier molecular flexibility index (Phi) is 6.71. The molecular formula is C10H24F6NP. The molecule has 1 nitrogen and oxygen atoms in total. The number of hydrogen-bond acceptors (Lipinski definition) is 0. The minimum atomic E-state index is -10.7. The van der Waals surface area contributed by atoms with Crippen LogP contribution in [0, 0.1) is 0 Å². The quantitative estimate of drug-likeness (QED) is 0.318. The van der Waals surface area contributed by atoms with Crippen molar-refractivity contribution in [2.24, 2.45) is 0 Å². The maximum atomic E-state index is 9.87. The van der Waals surface area contributed by atoms with Gasteiger partial charge in [0.25, 0.3) is 0 Å². The first-order chi connectivity index (χ1) is 7.63. The third-order valence-corrected chi connectivity index (χ3v) is 2.29. The maximum absolute atomic E-state index is 10.7. The molecule has 0 aliphatic carbocycles. The van der Waals surface area contributed by atoms with Crippen LogP contribution in [0.2, 0.25) is 0 Å². The van der Waals surface area contributed by atoms with E-state index < -0.39 is 7.81 Å². The van der Waals surface area contributed by atoms with Crippen LogP contribution in [0.3, 0.4) is 0 Å². The SMILES string of the molecule is CCC[N+](C)(CCC)CCC.F[P-](F)(F)(F)(F)F. The predicted molar refractivity (Wildman–Crippen MR) is 65.2 cm³/mol. The van der Waals surface area contributed by atoms with Gasteiger partial charge in [-0.25, -0.2) is 0 Å². The molecule has 0 aromatic heterocycles. The zero-order chi connectivity index (χ0) is 15.2. The van der Waals surface area contributed by atoms with Crippen LogP contribution in [-0.2, 0) is 0 Å². The molecule has 0 aromatic carbocycles. The van der Waals surface area contributed by atoms with Crippen LogP contribution < -0.4 is 0 Å². The van der Waals surface area contributed by atoms with E-state index >= 15 is 0 Å². The molecule has 116 valence electrons. The van der Waals surface area contributed by atoms with Crippen molar-refractivity contribution in [1.82, 2.24) is 0 Å². The molecule has 0 fully saturated rings. The second-order valence-corrected chi connectivity index (χ2v) is 6.67. The van der Waals surface area contributed by atoms with E-state index in [0.717, 1.165) is 0 Å². The van der Waals surface area contributed by atoms with Crippen LogP contribution >= 0.6 is 7.81 Å². The molecule has 0 rings (SSSR count). The van der Waals surface area contributed by atoms with Gasteiger partial charge in [0, 0.05) is 0 Å². The van der Waals surface area contributed by atoms with Gasteiger partial charge in [-0.2, -0.15) is 0 Å². The first-order valence-electron chi connectivity index (χ1n) is 6.03. The molecule has 0 saturated carbocycles. The molecule has 0 amide bonds. The van der Waals surface area contributed by atoms with E-state index in [2.05, 4.69) is 27.8 Å².